The third-order valence-electron chi connectivity index (χ3n) is 4.65. The number of fused-ring (bicyclic) bond motifs is 1. The Kier molecular flexibility index (Phi) is 5.47. The Morgan fingerprint density at radius 2 is 1.82 bits per heavy atom. The number of benzene rings is 2. The molecule has 0 radical (unpaired) electrons. The molecule has 146 valence electrons. The van der Waals surface area contributed by atoms with Gasteiger partial charge >= 0.3 is 5.97 Å². The van der Waals surface area contributed by atoms with Gasteiger partial charge in [-0.3, -0.25) is 14.2 Å². The van der Waals surface area contributed by atoms with Crippen LogP contribution < -0.4 is 0 Å². The van der Waals surface area contributed by atoms with Gasteiger partial charge in [-0.15, -0.1) is 0 Å². The molecule has 1 atom stereocenters. The van der Waals surface area contributed by atoms with E-state index >= 15 is 0 Å². The van der Waals surface area contributed by atoms with Gasteiger partial charge in [-0.25, -0.2) is 0 Å². The third kappa shape index (κ3) is 3.62. The minimum Gasteiger partial charge on any atom is -0.508 e. The molecule has 0 fully saturated rings. The number of rotatable bonds is 4. The summed E-state index contributed by atoms with van der Waals surface area (Å²) >= 11 is 6.05. The second-order valence-corrected chi connectivity index (χ2v) is 7.50. The molecule has 2 aromatic carbocycles. The molecule has 1 heterocycles. The molecule has 0 aliphatic rings. The van der Waals surface area contributed by atoms with E-state index in [1.807, 2.05) is 0 Å². The van der Waals surface area contributed by atoms with Crippen LogP contribution in [0.15, 0.2) is 42.5 Å². The van der Waals surface area contributed by atoms with E-state index in [0.717, 1.165) is 0 Å². The molecular formula is C22H22ClNO4. The predicted molar refractivity (Wildman–Crippen MR) is 109 cm³/mol. The fourth-order valence-corrected chi connectivity index (χ4v) is 3.63. The van der Waals surface area contributed by atoms with Gasteiger partial charge in [0.2, 0.25) is 0 Å². The van der Waals surface area contributed by atoms with Gasteiger partial charge in [0.05, 0.1) is 17.5 Å². The minimum atomic E-state index is -0.597. The van der Waals surface area contributed by atoms with Crippen LogP contribution in [0.4, 0.5) is 0 Å². The zero-order chi connectivity index (χ0) is 20.6. The number of hydrogen-bond acceptors (Lipinski definition) is 4. The maximum Gasteiger partial charge on any atom is 0.313 e. The number of carbonyl (C=O) groups excluding carboxylic acids is 2. The van der Waals surface area contributed by atoms with Gasteiger partial charge in [0, 0.05) is 21.7 Å². The first-order chi connectivity index (χ1) is 13.2. The average molecular weight is 400 g/mol. The number of nitrogens with zero attached hydrogens (tertiary/aromatic N) is 1. The van der Waals surface area contributed by atoms with E-state index < -0.39 is 5.92 Å². The number of phenolic OH excluding ortho intramolecular Hbond substituents is 1. The zero-order valence-corrected chi connectivity index (χ0v) is 16.9. The number of aromatic hydroxyl groups is 1. The molecule has 0 bridgehead atoms. The van der Waals surface area contributed by atoms with Crippen LogP contribution in [0.5, 0.6) is 5.75 Å². The molecule has 6 heteroatoms. The van der Waals surface area contributed by atoms with Crippen LogP contribution in [0.3, 0.4) is 0 Å². The van der Waals surface area contributed by atoms with E-state index in [2.05, 4.69) is 0 Å². The highest BCUT2D eigenvalue weighted by atomic mass is 35.5. The molecule has 0 aliphatic carbocycles. The fourth-order valence-electron chi connectivity index (χ4n) is 3.44. The lowest BCUT2D eigenvalue weighted by Crippen LogP contribution is -2.19. The molecule has 0 spiro atoms. The molecule has 0 aliphatic heterocycles. The molecule has 1 N–H and O–H groups in total. The number of esters is 1. The first-order valence-corrected chi connectivity index (χ1v) is 9.43. The standard InChI is InChI=1S/C22H22ClNO4/c1-12(2)28-22(27)13(3)20-14(4)24(19-9-8-17(25)11-18(19)20)21(26)15-6-5-7-16(23)10-15/h5-13,25H,1-4H3/t13-/m0/s1. The molecule has 0 unspecified atom stereocenters. The van der Waals surface area contributed by atoms with Crippen LogP contribution in [0, 0.1) is 6.92 Å². The predicted octanol–water partition coefficient (Wildman–Crippen LogP) is 5.05. The first-order valence-electron chi connectivity index (χ1n) is 9.05. The van der Waals surface area contributed by atoms with Crippen molar-refractivity contribution in [1.82, 2.24) is 4.57 Å². The topological polar surface area (TPSA) is 68.5 Å². The Morgan fingerprint density at radius 1 is 1.11 bits per heavy atom. The summed E-state index contributed by atoms with van der Waals surface area (Å²) in [6, 6.07) is 11.5. The summed E-state index contributed by atoms with van der Waals surface area (Å²) in [5.41, 5.74) is 2.33. The fraction of sp³-hybridized carbons (Fsp3) is 0.273. The lowest BCUT2D eigenvalue weighted by molar-refractivity contribution is -0.148. The summed E-state index contributed by atoms with van der Waals surface area (Å²) in [4.78, 5) is 25.8. The number of ether oxygens (including phenoxy) is 1. The summed E-state index contributed by atoms with van der Waals surface area (Å²) in [7, 11) is 0. The monoisotopic (exact) mass is 399 g/mol. The Hall–Kier alpha value is -2.79. The molecule has 1 aromatic heterocycles. The van der Waals surface area contributed by atoms with Crippen molar-refractivity contribution in [3.05, 3.63) is 64.3 Å². The van der Waals surface area contributed by atoms with Gasteiger partial charge < -0.3 is 9.84 Å². The van der Waals surface area contributed by atoms with Gasteiger partial charge in [-0.1, -0.05) is 17.7 Å². The molecule has 0 amide bonds. The van der Waals surface area contributed by atoms with Gasteiger partial charge in [-0.2, -0.15) is 0 Å². The van der Waals surface area contributed by atoms with Crippen molar-refractivity contribution in [2.75, 3.05) is 0 Å². The SMILES string of the molecule is Cc1c([C@H](C)C(=O)OC(C)C)c2cc(O)ccc2n1C(=O)c1cccc(Cl)c1. The number of aromatic nitrogens is 1. The van der Waals surface area contributed by atoms with Crippen LogP contribution in [0.25, 0.3) is 10.9 Å². The van der Waals surface area contributed by atoms with Crippen LogP contribution >= 0.6 is 11.6 Å². The quantitative estimate of drug-likeness (QED) is 0.623. The largest absolute Gasteiger partial charge is 0.508 e. The van der Waals surface area contributed by atoms with E-state index in [1.165, 1.54) is 6.07 Å². The Morgan fingerprint density at radius 3 is 2.46 bits per heavy atom. The Labute approximate surface area is 168 Å². The van der Waals surface area contributed by atoms with Crippen molar-refractivity contribution < 1.29 is 19.4 Å². The van der Waals surface area contributed by atoms with Crippen molar-refractivity contribution in [1.29, 1.82) is 0 Å². The van der Waals surface area contributed by atoms with Gasteiger partial charge in [0.1, 0.15) is 5.75 Å². The minimum absolute atomic E-state index is 0.0607. The number of carbonyl (C=O) groups is 2. The van der Waals surface area contributed by atoms with E-state index in [0.29, 0.717) is 32.7 Å². The molecule has 3 aromatic rings. The normalized spacial score (nSPS) is 12.4. The maximum atomic E-state index is 13.2. The van der Waals surface area contributed by atoms with Gasteiger partial charge in [0.15, 0.2) is 0 Å². The lowest BCUT2D eigenvalue weighted by Gasteiger charge is -2.15. The summed E-state index contributed by atoms with van der Waals surface area (Å²) < 4.78 is 6.91. The summed E-state index contributed by atoms with van der Waals surface area (Å²) in [5, 5.41) is 11.1. The summed E-state index contributed by atoms with van der Waals surface area (Å²) in [6.07, 6.45) is -0.245. The molecule has 28 heavy (non-hydrogen) atoms. The van der Waals surface area contributed by atoms with E-state index in [1.54, 1.807) is 68.7 Å². The maximum absolute atomic E-state index is 13.2. The highest BCUT2D eigenvalue weighted by Crippen LogP contribution is 2.35. The van der Waals surface area contributed by atoms with Crippen LogP contribution in [-0.2, 0) is 9.53 Å². The van der Waals surface area contributed by atoms with Crippen molar-refractivity contribution in [2.24, 2.45) is 0 Å². The molecule has 0 saturated carbocycles. The molecule has 3 rings (SSSR count). The summed E-state index contributed by atoms with van der Waals surface area (Å²) in [5.74, 6) is -1.17. The number of phenols is 1. The van der Waals surface area contributed by atoms with Gasteiger partial charge in [-0.05, 0) is 69.7 Å². The zero-order valence-electron chi connectivity index (χ0n) is 16.2. The number of halogens is 1. The molecular weight excluding hydrogens is 378 g/mol. The molecule has 5 nitrogen and oxygen atoms in total. The van der Waals surface area contributed by atoms with Crippen LogP contribution in [0.2, 0.25) is 5.02 Å². The van der Waals surface area contributed by atoms with E-state index in [4.69, 9.17) is 16.3 Å². The second-order valence-electron chi connectivity index (χ2n) is 7.06. The Balaban J connectivity index is 2.21. The van der Waals surface area contributed by atoms with Crippen LogP contribution in [-0.4, -0.2) is 27.7 Å². The summed E-state index contributed by atoms with van der Waals surface area (Å²) in [6.45, 7) is 7.10. The van der Waals surface area contributed by atoms with E-state index in [9.17, 15) is 14.7 Å². The highest BCUT2D eigenvalue weighted by molar-refractivity contribution is 6.31. The second kappa shape index (κ2) is 7.68. The Bertz CT molecular complexity index is 1070. The first kappa shape index (κ1) is 20.0. The van der Waals surface area contributed by atoms with Crippen LogP contribution in [0.1, 0.15) is 48.3 Å². The van der Waals surface area contributed by atoms with Gasteiger partial charge in [0.25, 0.3) is 5.91 Å². The molecule has 0 saturated heterocycles. The van der Waals surface area contributed by atoms with Crippen molar-refractivity contribution >= 4 is 34.4 Å². The third-order valence-corrected chi connectivity index (χ3v) is 4.88. The lowest BCUT2D eigenvalue weighted by atomic mass is 9.98. The van der Waals surface area contributed by atoms with Crippen molar-refractivity contribution in [3.8, 4) is 5.75 Å². The smallest absolute Gasteiger partial charge is 0.313 e. The van der Waals surface area contributed by atoms with E-state index in [-0.39, 0.29) is 23.7 Å². The van der Waals surface area contributed by atoms with Crippen molar-refractivity contribution in [3.63, 3.8) is 0 Å². The number of hydrogen-bond donors (Lipinski definition) is 1. The highest BCUT2D eigenvalue weighted by Gasteiger charge is 2.28. The van der Waals surface area contributed by atoms with Crippen molar-refractivity contribution in [2.45, 2.75) is 39.7 Å². The average Bonchev–Trinajstić information content (AvgIpc) is 2.90.